The lowest BCUT2D eigenvalue weighted by Crippen LogP contribution is -2.42. The van der Waals surface area contributed by atoms with Gasteiger partial charge >= 0.3 is 12.1 Å². The zero-order chi connectivity index (χ0) is 18.1. The number of nitriles is 1. The van der Waals surface area contributed by atoms with E-state index in [0.29, 0.717) is 5.71 Å². The Balaban J connectivity index is 2.70. The van der Waals surface area contributed by atoms with E-state index in [1.54, 1.807) is 13.8 Å². The van der Waals surface area contributed by atoms with Crippen molar-refractivity contribution in [1.29, 1.82) is 5.26 Å². The normalized spacial score (nSPS) is 27.1. The van der Waals surface area contributed by atoms with Crippen molar-refractivity contribution in [3.8, 4) is 6.07 Å². The second-order valence-electron chi connectivity index (χ2n) is 5.78. The van der Waals surface area contributed by atoms with Gasteiger partial charge in [-0.05, 0) is 25.5 Å². The van der Waals surface area contributed by atoms with Crippen molar-refractivity contribution >= 4 is 11.7 Å². The number of hydrogen-bond donors (Lipinski definition) is 0. The highest BCUT2D eigenvalue weighted by molar-refractivity contribution is 6.02. The van der Waals surface area contributed by atoms with Crippen LogP contribution in [0, 0.1) is 23.2 Å². The van der Waals surface area contributed by atoms with Gasteiger partial charge in [0.15, 0.2) is 0 Å². The van der Waals surface area contributed by atoms with E-state index < -0.39 is 41.5 Å². The topological polar surface area (TPSA) is 62.4 Å². The number of aliphatic imine (C=N–C) groups is 1. The number of esters is 1. The maximum Gasteiger partial charge on any atom is 0.416 e. The van der Waals surface area contributed by atoms with E-state index in [2.05, 4.69) is 4.99 Å². The number of hydrogen-bond acceptors (Lipinski definition) is 4. The number of carbonyl (C=O) groups excluding carboxylic acids is 1. The van der Waals surface area contributed by atoms with Crippen LogP contribution in [0.2, 0.25) is 0 Å². The lowest BCUT2D eigenvalue weighted by molar-refractivity contribution is -0.145. The van der Waals surface area contributed by atoms with Gasteiger partial charge in [-0.15, -0.1) is 0 Å². The Hall–Kier alpha value is -2.36. The summed E-state index contributed by atoms with van der Waals surface area (Å²) in [7, 11) is 1.17. The number of ether oxygens (including phenoxy) is 1. The monoisotopic (exact) mass is 338 g/mol. The SMILES string of the molecule is COC(=O)C1C(C)=NC(C)C(C#N)C1c1ccccc1C(F)(F)F. The van der Waals surface area contributed by atoms with Gasteiger partial charge in [-0.25, -0.2) is 0 Å². The van der Waals surface area contributed by atoms with Crippen LogP contribution in [0.1, 0.15) is 30.9 Å². The molecule has 0 saturated heterocycles. The van der Waals surface area contributed by atoms with Crippen molar-refractivity contribution in [2.75, 3.05) is 7.11 Å². The molecule has 7 heteroatoms. The standard InChI is InChI=1S/C17H17F3N2O2/c1-9-12(8-21)15(14(10(2)22-9)16(23)24-3)11-6-4-5-7-13(11)17(18,19)20/h4-7,9,12,14-15H,1-3H3. The molecule has 0 radical (unpaired) electrons. The molecule has 1 aromatic carbocycles. The van der Waals surface area contributed by atoms with Crippen LogP contribution < -0.4 is 0 Å². The predicted molar refractivity (Wildman–Crippen MR) is 81.4 cm³/mol. The van der Waals surface area contributed by atoms with Crippen molar-refractivity contribution in [3.05, 3.63) is 35.4 Å². The Kier molecular flexibility index (Phi) is 4.97. The summed E-state index contributed by atoms with van der Waals surface area (Å²) in [4.78, 5) is 16.5. The van der Waals surface area contributed by atoms with Crippen molar-refractivity contribution in [1.82, 2.24) is 0 Å². The predicted octanol–water partition coefficient (Wildman–Crippen LogP) is 3.58. The summed E-state index contributed by atoms with van der Waals surface area (Å²) in [6.07, 6.45) is -4.58. The molecule has 2 rings (SSSR count). The highest BCUT2D eigenvalue weighted by Crippen LogP contribution is 2.44. The minimum atomic E-state index is -4.58. The van der Waals surface area contributed by atoms with Crippen molar-refractivity contribution in [2.45, 2.75) is 32.0 Å². The van der Waals surface area contributed by atoms with E-state index >= 15 is 0 Å². The van der Waals surface area contributed by atoms with E-state index in [1.807, 2.05) is 6.07 Å². The van der Waals surface area contributed by atoms with E-state index in [0.717, 1.165) is 6.07 Å². The molecular weight excluding hydrogens is 321 g/mol. The van der Waals surface area contributed by atoms with Crippen molar-refractivity contribution < 1.29 is 22.7 Å². The number of halogens is 3. The van der Waals surface area contributed by atoms with Crippen LogP contribution in [0.15, 0.2) is 29.3 Å². The smallest absolute Gasteiger partial charge is 0.416 e. The second kappa shape index (κ2) is 6.63. The summed E-state index contributed by atoms with van der Waals surface area (Å²) in [5.41, 5.74) is -0.540. The zero-order valence-corrected chi connectivity index (χ0v) is 13.5. The first-order valence-corrected chi connectivity index (χ1v) is 7.40. The Morgan fingerprint density at radius 3 is 2.50 bits per heavy atom. The minimum Gasteiger partial charge on any atom is -0.468 e. The highest BCUT2D eigenvalue weighted by atomic mass is 19.4. The Morgan fingerprint density at radius 1 is 1.33 bits per heavy atom. The van der Waals surface area contributed by atoms with E-state index in [1.165, 1.54) is 25.3 Å². The number of carbonyl (C=O) groups is 1. The summed E-state index contributed by atoms with van der Waals surface area (Å²) < 4.78 is 45.0. The van der Waals surface area contributed by atoms with Gasteiger partial charge < -0.3 is 4.74 Å². The largest absolute Gasteiger partial charge is 0.468 e. The van der Waals surface area contributed by atoms with Crippen LogP contribution in [0.3, 0.4) is 0 Å². The molecule has 0 saturated carbocycles. The Morgan fingerprint density at radius 2 is 1.96 bits per heavy atom. The summed E-state index contributed by atoms with van der Waals surface area (Å²) in [6, 6.07) is 6.55. The van der Waals surface area contributed by atoms with Crippen LogP contribution in [0.4, 0.5) is 13.2 Å². The molecule has 0 bridgehead atoms. The van der Waals surface area contributed by atoms with Gasteiger partial charge in [0.25, 0.3) is 0 Å². The highest BCUT2D eigenvalue weighted by Gasteiger charge is 2.47. The van der Waals surface area contributed by atoms with Gasteiger partial charge in [-0.3, -0.25) is 9.79 Å². The fourth-order valence-electron chi connectivity index (χ4n) is 3.30. The molecule has 1 heterocycles. The summed E-state index contributed by atoms with van der Waals surface area (Å²) in [5.74, 6) is -3.53. The lowest BCUT2D eigenvalue weighted by Gasteiger charge is -2.36. The molecule has 24 heavy (non-hydrogen) atoms. The fraction of sp³-hybridized carbons (Fsp3) is 0.471. The Bertz CT molecular complexity index is 707. The molecule has 0 spiro atoms. The number of rotatable bonds is 2. The first-order chi connectivity index (χ1) is 11.2. The van der Waals surface area contributed by atoms with E-state index in [-0.39, 0.29) is 5.56 Å². The molecule has 128 valence electrons. The molecule has 0 fully saturated rings. The van der Waals surface area contributed by atoms with Gasteiger partial charge in [0, 0.05) is 11.6 Å². The van der Waals surface area contributed by atoms with Crippen molar-refractivity contribution in [3.63, 3.8) is 0 Å². The molecule has 4 unspecified atom stereocenters. The number of methoxy groups -OCH3 is 1. The number of benzene rings is 1. The van der Waals surface area contributed by atoms with E-state index in [4.69, 9.17) is 4.74 Å². The molecule has 0 aliphatic carbocycles. The molecule has 4 atom stereocenters. The van der Waals surface area contributed by atoms with Gasteiger partial charge in [-0.1, -0.05) is 18.2 Å². The Labute approximate surface area is 137 Å². The first-order valence-electron chi connectivity index (χ1n) is 7.40. The van der Waals surface area contributed by atoms with Crippen LogP contribution in [-0.2, 0) is 15.7 Å². The molecule has 1 aliphatic heterocycles. The average molecular weight is 338 g/mol. The third kappa shape index (κ3) is 3.14. The summed E-state index contributed by atoms with van der Waals surface area (Å²) in [5, 5.41) is 9.49. The molecule has 1 aromatic rings. The van der Waals surface area contributed by atoms with Crippen molar-refractivity contribution in [2.24, 2.45) is 16.8 Å². The van der Waals surface area contributed by atoms with Gasteiger partial charge in [0.1, 0.15) is 5.92 Å². The molecular formula is C17H17F3N2O2. The van der Waals surface area contributed by atoms with Crippen LogP contribution in [0.5, 0.6) is 0 Å². The molecule has 0 N–H and O–H groups in total. The van der Waals surface area contributed by atoms with Gasteiger partial charge in [-0.2, -0.15) is 18.4 Å². The van der Waals surface area contributed by atoms with E-state index in [9.17, 15) is 23.2 Å². The maximum atomic E-state index is 13.4. The zero-order valence-electron chi connectivity index (χ0n) is 13.5. The molecule has 0 amide bonds. The summed E-state index contributed by atoms with van der Waals surface area (Å²) >= 11 is 0. The molecule has 1 aliphatic rings. The number of nitrogens with zero attached hydrogens (tertiary/aromatic N) is 2. The van der Waals surface area contributed by atoms with Crippen LogP contribution in [-0.4, -0.2) is 24.8 Å². The fourth-order valence-corrected chi connectivity index (χ4v) is 3.30. The molecule has 4 nitrogen and oxygen atoms in total. The van der Waals surface area contributed by atoms with Gasteiger partial charge in [0.05, 0.1) is 30.7 Å². The minimum absolute atomic E-state index is 0.0759. The third-order valence-electron chi connectivity index (χ3n) is 4.35. The van der Waals surface area contributed by atoms with Crippen LogP contribution in [0.25, 0.3) is 0 Å². The maximum absolute atomic E-state index is 13.4. The first kappa shape index (κ1) is 18.0. The van der Waals surface area contributed by atoms with Gasteiger partial charge in [0.2, 0.25) is 0 Å². The second-order valence-corrected chi connectivity index (χ2v) is 5.78. The molecule has 0 aromatic heterocycles. The average Bonchev–Trinajstić information content (AvgIpc) is 2.52. The van der Waals surface area contributed by atoms with Crippen LogP contribution >= 0.6 is 0 Å². The quantitative estimate of drug-likeness (QED) is 0.774. The lowest BCUT2D eigenvalue weighted by atomic mass is 9.69. The summed E-state index contributed by atoms with van der Waals surface area (Å²) in [6.45, 7) is 3.24. The number of alkyl halides is 3. The third-order valence-corrected chi connectivity index (χ3v) is 4.35.